The van der Waals surface area contributed by atoms with Gasteiger partial charge in [0.1, 0.15) is 4.90 Å². The Labute approximate surface area is 130 Å². The highest BCUT2D eigenvalue weighted by molar-refractivity contribution is 9.10. The Bertz CT molecular complexity index is 806. The first-order valence-electron chi connectivity index (χ1n) is 5.77. The summed E-state index contributed by atoms with van der Waals surface area (Å²) in [6, 6.07) is 5.47. The van der Waals surface area contributed by atoms with Gasteiger partial charge in [-0.2, -0.15) is 0 Å². The van der Waals surface area contributed by atoms with Gasteiger partial charge in [-0.05, 0) is 52.7 Å². The van der Waals surface area contributed by atoms with E-state index in [-0.39, 0.29) is 14.9 Å². The zero-order valence-electron chi connectivity index (χ0n) is 10.9. The highest BCUT2D eigenvalue weighted by Gasteiger charge is 2.20. The number of aromatic nitrogens is 1. The Morgan fingerprint density at radius 1 is 1.33 bits per heavy atom. The third-order valence-electron chi connectivity index (χ3n) is 2.75. The van der Waals surface area contributed by atoms with E-state index in [9.17, 15) is 13.2 Å². The van der Waals surface area contributed by atoms with Crippen LogP contribution in [0.3, 0.4) is 0 Å². The van der Waals surface area contributed by atoms with Crippen molar-refractivity contribution < 1.29 is 18.3 Å². The van der Waals surface area contributed by atoms with E-state index in [0.717, 1.165) is 6.07 Å². The fraction of sp³-hybridized carbons (Fsp3) is 0.0769. The number of sulfonamides is 1. The molecular formula is C13H11BrN2O4S. The minimum atomic E-state index is -3.92. The number of hydrogen-bond acceptors (Lipinski definition) is 4. The lowest BCUT2D eigenvalue weighted by Crippen LogP contribution is -2.15. The minimum absolute atomic E-state index is 0.110. The van der Waals surface area contributed by atoms with Gasteiger partial charge >= 0.3 is 5.97 Å². The van der Waals surface area contributed by atoms with Crippen LogP contribution in [-0.2, 0) is 10.0 Å². The van der Waals surface area contributed by atoms with Crippen LogP contribution in [0.4, 0.5) is 5.69 Å². The lowest BCUT2D eigenvalue weighted by Gasteiger charge is -2.11. The fourth-order valence-corrected chi connectivity index (χ4v) is 3.72. The van der Waals surface area contributed by atoms with Gasteiger partial charge in [0.05, 0.1) is 17.4 Å². The third kappa shape index (κ3) is 3.40. The van der Waals surface area contributed by atoms with Gasteiger partial charge in [-0.1, -0.05) is 0 Å². The van der Waals surface area contributed by atoms with Crippen molar-refractivity contribution >= 4 is 37.6 Å². The SMILES string of the molecule is Cc1ccncc1NS(=O)(=O)c1cc(C(=O)O)ccc1Br. The molecule has 1 aromatic carbocycles. The fourth-order valence-electron chi connectivity index (χ4n) is 1.61. The van der Waals surface area contributed by atoms with Crippen molar-refractivity contribution in [1.82, 2.24) is 4.98 Å². The molecule has 1 aromatic heterocycles. The summed E-state index contributed by atoms with van der Waals surface area (Å²) >= 11 is 3.12. The third-order valence-corrected chi connectivity index (χ3v) is 5.11. The molecule has 0 aliphatic carbocycles. The Balaban J connectivity index is 2.47. The summed E-state index contributed by atoms with van der Waals surface area (Å²) < 4.78 is 27.5. The van der Waals surface area contributed by atoms with E-state index < -0.39 is 16.0 Å². The topological polar surface area (TPSA) is 96.4 Å². The summed E-state index contributed by atoms with van der Waals surface area (Å²) in [7, 11) is -3.92. The van der Waals surface area contributed by atoms with Crippen molar-refractivity contribution in [2.24, 2.45) is 0 Å². The zero-order valence-corrected chi connectivity index (χ0v) is 13.3. The molecule has 0 aliphatic rings. The zero-order chi connectivity index (χ0) is 15.6. The molecule has 8 heteroatoms. The van der Waals surface area contributed by atoms with Crippen LogP contribution in [0.1, 0.15) is 15.9 Å². The molecule has 2 aromatic rings. The summed E-state index contributed by atoms with van der Waals surface area (Å²) in [4.78, 5) is 14.7. The van der Waals surface area contributed by atoms with Crippen molar-refractivity contribution in [3.8, 4) is 0 Å². The molecule has 21 heavy (non-hydrogen) atoms. The van der Waals surface area contributed by atoms with Crippen LogP contribution in [0.25, 0.3) is 0 Å². The van der Waals surface area contributed by atoms with Crippen molar-refractivity contribution in [1.29, 1.82) is 0 Å². The summed E-state index contributed by atoms with van der Waals surface area (Å²) in [6.07, 6.45) is 2.94. The number of nitrogens with one attached hydrogen (secondary N) is 1. The molecule has 1 heterocycles. The lowest BCUT2D eigenvalue weighted by molar-refractivity contribution is 0.0696. The molecule has 0 unspecified atom stereocenters. The van der Waals surface area contributed by atoms with Crippen LogP contribution in [0, 0.1) is 6.92 Å². The number of nitrogens with zero attached hydrogens (tertiary/aromatic N) is 1. The number of carbonyl (C=O) groups is 1. The van der Waals surface area contributed by atoms with Crippen molar-refractivity contribution in [2.75, 3.05) is 4.72 Å². The number of benzene rings is 1. The van der Waals surface area contributed by atoms with Crippen LogP contribution in [0.15, 0.2) is 46.0 Å². The molecule has 0 saturated heterocycles. The second-order valence-electron chi connectivity index (χ2n) is 4.25. The number of hydrogen-bond donors (Lipinski definition) is 2. The van der Waals surface area contributed by atoms with Gasteiger partial charge in [0, 0.05) is 10.7 Å². The smallest absolute Gasteiger partial charge is 0.335 e. The maximum absolute atomic E-state index is 12.4. The Kier molecular flexibility index (Phi) is 4.29. The number of pyridine rings is 1. The number of halogens is 1. The predicted octanol–water partition coefficient (Wildman–Crippen LogP) is 2.65. The number of aromatic carboxylic acids is 1. The van der Waals surface area contributed by atoms with E-state index in [1.54, 1.807) is 19.2 Å². The first kappa shape index (κ1) is 15.5. The number of carboxylic acid groups (broad SMARTS) is 1. The molecular weight excluding hydrogens is 360 g/mol. The van der Waals surface area contributed by atoms with Gasteiger partial charge in [0.25, 0.3) is 10.0 Å². The van der Waals surface area contributed by atoms with Crippen molar-refractivity contribution in [2.45, 2.75) is 11.8 Å². The van der Waals surface area contributed by atoms with Crippen molar-refractivity contribution in [3.63, 3.8) is 0 Å². The number of anilines is 1. The van der Waals surface area contributed by atoms with Crippen LogP contribution < -0.4 is 4.72 Å². The monoisotopic (exact) mass is 370 g/mol. The first-order chi connectivity index (χ1) is 9.81. The highest BCUT2D eigenvalue weighted by Crippen LogP contribution is 2.26. The van der Waals surface area contributed by atoms with Crippen molar-refractivity contribution in [3.05, 3.63) is 52.3 Å². The molecule has 0 bridgehead atoms. The maximum Gasteiger partial charge on any atom is 0.335 e. The van der Waals surface area contributed by atoms with Crippen LogP contribution in [-0.4, -0.2) is 24.5 Å². The molecule has 0 fully saturated rings. The Morgan fingerprint density at radius 2 is 2.05 bits per heavy atom. The minimum Gasteiger partial charge on any atom is -0.478 e. The van der Waals surface area contributed by atoms with Gasteiger partial charge < -0.3 is 5.11 Å². The van der Waals surface area contributed by atoms with E-state index in [2.05, 4.69) is 25.6 Å². The quantitative estimate of drug-likeness (QED) is 0.862. The van der Waals surface area contributed by atoms with Gasteiger partial charge in [-0.3, -0.25) is 9.71 Å². The largest absolute Gasteiger partial charge is 0.478 e. The van der Waals surface area contributed by atoms with Crippen LogP contribution in [0.5, 0.6) is 0 Å². The average molecular weight is 371 g/mol. The molecule has 2 rings (SSSR count). The second kappa shape index (κ2) is 5.82. The van der Waals surface area contributed by atoms with E-state index in [1.165, 1.54) is 18.3 Å². The molecule has 0 amide bonds. The average Bonchev–Trinajstić information content (AvgIpc) is 2.41. The second-order valence-corrected chi connectivity index (χ2v) is 6.75. The number of rotatable bonds is 4. The maximum atomic E-state index is 12.4. The Hall–Kier alpha value is -1.93. The summed E-state index contributed by atoms with van der Waals surface area (Å²) in [5.74, 6) is -1.20. The normalized spacial score (nSPS) is 11.1. The van der Waals surface area contributed by atoms with Gasteiger partial charge in [-0.25, -0.2) is 13.2 Å². The molecule has 6 nitrogen and oxygen atoms in total. The highest BCUT2D eigenvalue weighted by atomic mass is 79.9. The summed E-state index contributed by atoms with van der Waals surface area (Å²) in [6.45, 7) is 1.74. The van der Waals surface area contributed by atoms with E-state index in [1.807, 2.05) is 0 Å². The van der Waals surface area contributed by atoms with Gasteiger partial charge in [0.15, 0.2) is 0 Å². The Morgan fingerprint density at radius 3 is 2.67 bits per heavy atom. The molecule has 0 saturated carbocycles. The molecule has 2 N–H and O–H groups in total. The van der Waals surface area contributed by atoms with Gasteiger partial charge in [-0.15, -0.1) is 0 Å². The van der Waals surface area contributed by atoms with E-state index >= 15 is 0 Å². The molecule has 110 valence electrons. The molecule has 0 aliphatic heterocycles. The molecule has 0 spiro atoms. The summed E-state index contributed by atoms with van der Waals surface area (Å²) in [5, 5.41) is 8.96. The predicted molar refractivity (Wildman–Crippen MR) is 80.9 cm³/mol. The van der Waals surface area contributed by atoms with Crippen LogP contribution >= 0.6 is 15.9 Å². The lowest BCUT2D eigenvalue weighted by atomic mass is 10.2. The molecule has 0 radical (unpaired) electrons. The van der Waals surface area contributed by atoms with Gasteiger partial charge in [0.2, 0.25) is 0 Å². The van der Waals surface area contributed by atoms with Crippen LogP contribution in [0.2, 0.25) is 0 Å². The first-order valence-corrected chi connectivity index (χ1v) is 8.05. The summed E-state index contributed by atoms with van der Waals surface area (Å²) in [5.41, 5.74) is 0.936. The van der Waals surface area contributed by atoms with E-state index in [0.29, 0.717) is 11.3 Å². The molecule has 0 atom stereocenters. The van der Waals surface area contributed by atoms with E-state index in [4.69, 9.17) is 5.11 Å². The number of aryl methyl sites for hydroxylation is 1. The standard InChI is InChI=1S/C13H11BrN2O4S/c1-8-4-5-15-7-11(8)16-21(19,20)12-6-9(13(17)18)2-3-10(12)14/h2-7,16H,1H3,(H,17,18). The number of carboxylic acids is 1.